The molecule has 2 saturated heterocycles. The van der Waals surface area contributed by atoms with Crippen LogP contribution < -0.4 is 15.1 Å². The highest BCUT2D eigenvalue weighted by atomic mass is 16.7. The molecule has 1 N–H and O–H groups in total. The molecule has 3 aliphatic carbocycles. The topological polar surface area (TPSA) is 107 Å². The van der Waals surface area contributed by atoms with Crippen molar-refractivity contribution >= 4 is 29.6 Å². The summed E-state index contributed by atoms with van der Waals surface area (Å²) < 4.78 is 16.7. The van der Waals surface area contributed by atoms with Crippen LogP contribution in [0.3, 0.4) is 0 Å². The van der Waals surface area contributed by atoms with Gasteiger partial charge in [-0.1, -0.05) is 60.7 Å². The van der Waals surface area contributed by atoms with Gasteiger partial charge in [-0.2, -0.15) is 5.10 Å². The monoisotopic (exact) mass is 551 g/mol. The van der Waals surface area contributed by atoms with Gasteiger partial charge in [0.2, 0.25) is 17.7 Å². The number of hydrogen-bond acceptors (Lipinski definition) is 7. The molecule has 0 spiro atoms. The van der Waals surface area contributed by atoms with E-state index >= 15 is 0 Å². The van der Waals surface area contributed by atoms with Crippen molar-refractivity contribution in [2.24, 2.45) is 16.9 Å². The Morgan fingerprint density at radius 3 is 2.24 bits per heavy atom. The fraction of sp³-hybridized carbons (Fsp3) is 0.312. The van der Waals surface area contributed by atoms with Crippen LogP contribution in [0.2, 0.25) is 0 Å². The number of rotatable bonds is 6. The standard InChI is InChI=1S/C32H29N3O6/c1-31(40-15-16-41-31)17-25(36)34-33-18-32-21-11-5-3-9-19(21)26(20-10-4-6-12-22(20)32)27-28(32)30(38)35(29(27)37)23-13-7-8-14-24(23)39-2/h3-14,18,26-28H,15-17H2,1-2H3,(H,34,36)/b33-18-/t26?,27-,28-,32?/m1/s1. The average molecular weight is 552 g/mol. The number of benzene rings is 3. The molecule has 0 unspecified atom stereocenters. The summed E-state index contributed by atoms with van der Waals surface area (Å²) in [6.45, 7) is 2.57. The van der Waals surface area contributed by atoms with E-state index in [1.54, 1.807) is 37.4 Å². The van der Waals surface area contributed by atoms with Gasteiger partial charge in [-0.25, -0.2) is 10.3 Å². The first-order valence-corrected chi connectivity index (χ1v) is 13.7. The van der Waals surface area contributed by atoms with E-state index in [9.17, 15) is 14.4 Å². The lowest BCUT2D eigenvalue weighted by atomic mass is 9.47. The number of carbonyl (C=O) groups is 3. The van der Waals surface area contributed by atoms with Crippen LogP contribution in [0.5, 0.6) is 5.75 Å². The minimum atomic E-state index is -1.09. The van der Waals surface area contributed by atoms with Crippen molar-refractivity contribution in [2.75, 3.05) is 25.2 Å². The molecular weight excluding hydrogens is 522 g/mol. The molecule has 9 nitrogen and oxygen atoms in total. The summed E-state index contributed by atoms with van der Waals surface area (Å²) in [5, 5.41) is 4.44. The molecule has 3 aromatic rings. The highest BCUT2D eigenvalue weighted by Crippen LogP contribution is 2.63. The maximum Gasteiger partial charge on any atom is 0.245 e. The van der Waals surface area contributed by atoms with E-state index in [0.717, 1.165) is 22.3 Å². The number of nitrogens with zero attached hydrogens (tertiary/aromatic N) is 2. The molecule has 9 heteroatoms. The predicted molar refractivity (Wildman–Crippen MR) is 150 cm³/mol. The third-order valence-corrected chi connectivity index (χ3v) is 8.85. The van der Waals surface area contributed by atoms with Crippen LogP contribution >= 0.6 is 0 Å². The Hall–Kier alpha value is -4.34. The maximum atomic E-state index is 14.5. The zero-order valence-electron chi connectivity index (χ0n) is 22.7. The summed E-state index contributed by atoms with van der Waals surface area (Å²) in [5.41, 5.74) is 5.72. The minimum Gasteiger partial charge on any atom is -0.495 e. The van der Waals surface area contributed by atoms with Crippen molar-refractivity contribution in [3.05, 3.63) is 95.1 Å². The molecular formula is C32H29N3O6. The zero-order valence-corrected chi connectivity index (χ0v) is 22.7. The van der Waals surface area contributed by atoms with Crippen molar-refractivity contribution in [2.45, 2.75) is 30.5 Å². The van der Waals surface area contributed by atoms with Crippen LogP contribution in [-0.2, 0) is 29.3 Å². The number of amides is 3. The Balaban J connectivity index is 1.36. The van der Waals surface area contributed by atoms with Crippen LogP contribution in [0.15, 0.2) is 77.9 Å². The Labute approximate surface area is 237 Å². The molecule has 2 aliphatic heterocycles. The summed E-state index contributed by atoms with van der Waals surface area (Å²) in [6.07, 6.45) is 1.61. The molecule has 8 rings (SSSR count). The number of anilines is 1. The van der Waals surface area contributed by atoms with Crippen molar-refractivity contribution in [1.82, 2.24) is 5.43 Å². The third kappa shape index (κ3) is 3.62. The number of hydrogen-bond donors (Lipinski definition) is 1. The fourth-order valence-corrected chi connectivity index (χ4v) is 7.30. The van der Waals surface area contributed by atoms with Gasteiger partial charge in [0.25, 0.3) is 0 Å². The Kier molecular flexibility index (Phi) is 5.85. The molecule has 5 aliphatic rings. The number of para-hydroxylation sites is 2. The lowest BCUT2D eigenvalue weighted by molar-refractivity contribution is -0.159. The van der Waals surface area contributed by atoms with Crippen molar-refractivity contribution < 1.29 is 28.6 Å². The smallest absolute Gasteiger partial charge is 0.245 e. The second-order valence-electron chi connectivity index (χ2n) is 11.0. The fourth-order valence-electron chi connectivity index (χ4n) is 7.30. The van der Waals surface area contributed by atoms with Gasteiger partial charge >= 0.3 is 0 Å². The van der Waals surface area contributed by atoms with Crippen LogP contribution in [-0.4, -0.2) is 50.0 Å². The SMILES string of the molecule is COc1ccccc1N1C(=O)[C@@H]2C3c4ccccc4C(/C=N\NC(=O)CC4(C)OCCO4)(c4ccccc43)[C@H]2C1=O. The predicted octanol–water partition coefficient (Wildman–Crippen LogP) is 3.50. The number of imide groups is 1. The van der Waals surface area contributed by atoms with Crippen molar-refractivity contribution in [3.63, 3.8) is 0 Å². The summed E-state index contributed by atoms with van der Waals surface area (Å²) in [5.74, 6) is -3.27. The number of methoxy groups -OCH3 is 1. The van der Waals surface area contributed by atoms with Crippen LogP contribution in [0, 0.1) is 11.8 Å². The Morgan fingerprint density at radius 2 is 1.59 bits per heavy atom. The van der Waals surface area contributed by atoms with Gasteiger partial charge in [0.1, 0.15) is 5.75 Å². The molecule has 41 heavy (non-hydrogen) atoms. The van der Waals surface area contributed by atoms with Gasteiger partial charge in [0.05, 0.1) is 49.7 Å². The van der Waals surface area contributed by atoms with Crippen molar-refractivity contribution in [1.29, 1.82) is 0 Å². The maximum absolute atomic E-state index is 14.5. The van der Waals surface area contributed by atoms with E-state index in [0.29, 0.717) is 24.7 Å². The van der Waals surface area contributed by atoms with E-state index in [4.69, 9.17) is 14.2 Å². The van der Waals surface area contributed by atoms with E-state index in [2.05, 4.69) is 10.5 Å². The Bertz CT molecular complexity index is 1560. The van der Waals surface area contributed by atoms with Gasteiger partial charge in [-0.05, 0) is 41.3 Å². The molecule has 2 heterocycles. The van der Waals surface area contributed by atoms with E-state index in [1.807, 2.05) is 48.5 Å². The van der Waals surface area contributed by atoms with Crippen LogP contribution in [0.1, 0.15) is 41.5 Å². The number of nitrogens with one attached hydrogen (secondary N) is 1. The molecule has 3 amide bonds. The first-order chi connectivity index (χ1) is 19.9. The first kappa shape index (κ1) is 25.6. The number of carbonyl (C=O) groups excluding carboxylic acids is 3. The average Bonchev–Trinajstić information content (AvgIpc) is 3.53. The third-order valence-electron chi connectivity index (χ3n) is 8.85. The van der Waals surface area contributed by atoms with E-state index in [1.165, 1.54) is 12.0 Å². The summed E-state index contributed by atoms with van der Waals surface area (Å²) >= 11 is 0. The normalized spacial score (nSPS) is 27.1. The lowest BCUT2D eigenvalue weighted by Crippen LogP contribution is -2.54. The molecule has 208 valence electrons. The molecule has 3 aromatic carbocycles. The van der Waals surface area contributed by atoms with Crippen molar-refractivity contribution in [3.8, 4) is 5.75 Å². The largest absolute Gasteiger partial charge is 0.495 e. The molecule has 2 fully saturated rings. The second kappa shape index (κ2) is 9.36. The molecule has 2 atom stereocenters. The highest BCUT2D eigenvalue weighted by molar-refractivity contribution is 6.25. The summed E-state index contributed by atoms with van der Waals surface area (Å²) in [6, 6.07) is 22.8. The molecule has 0 saturated carbocycles. The zero-order chi connectivity index (χ0) is 28.4. The molecule has 0 aromatic heterocycles. The van der Waals surface area contributed by atoms with Gasteiger partial charge in [-0.15, -0.1) is 0 Å². The van der Waals surface area contributed by atoms with Crippen LogP contribution in [0.4, 0.5) is 5.69 Å². The van der Waals surface area contributed by atoms with Gasteiger partial charge in [0, 0.05) is 12.1 Å². The quantitative estimate of drug-likeness (QED) is 0.286. The van der Waals surface area contributed by atoms with E-state index in [-0.39, 0.29) is 30.1 Å². The summed E-state index contributed by atoms with van der Waals surface area (Å²) in [4.78, 5) is 42.9. The second-order valence-corrected chi connectivity index (χ2v) is 11.0. The molecule has 2 bridgehead atoms. The highest BCUT2D eigenvalue weighted by Gasteiger charge is 2.68. The van der Waals surface area contributed by atoms with Gasteiger partial charge in [0.15, 0.2) is 5.79 Å². The lowest BCUT2D eigenvalue weighted by Gasteiger charge is -2.52. The number of hydrazone groups is 1. The van der Waals surface area contributed by atoms with Gasteiger partial charge in [-0.3, -0.25) is 14.4 Å². The van der Waals surface area contributed by atoms with Crippen LogP contribution in [0.25, 0.3) is 0 Å². The number of ether oxygens (including phenoxy) is 3. The van der Waals surface area contributed by atoms with E-state index < -0.39 is 23.0 Å². The minimum absolute atomic E-state index is 0.0301. The first-order valence-electron chi connectivity index (χ1n) is 13.7. The molecule has 0 radical (unpaired) electrons. The van der Waals surface area contributed by atoms with Gasteiger partial charge < -0.3 is 14.2 Å². The Morgan fingerprint density at radius 1 is 0.976 bits per heavy atom. The summed E-state index contributed by atoms with van der Waals surface area (Å²) in [7, 11) is 1.52.